The molecule has 0 radical (unpaired) electrons. The number of nitrogens with zero attached hydrogens (tertiary/aromatic N) is 4. The van der Waals surface area contributed by atoms with Crippen LogP contribution >= 0.6 is 11.6 Å². The SMILES string of the molecule is COC(=O)c1nn(-c2cc(Cl)cc(C#CC3CCCN(C)C3=O)c2)c2ncccc12. The fraction of sp³-hybridized carbons (Fsp3) is 0.273. The molecule has 1 fully saturated rings. The number of fused-ring (bicyclic) bond motifs is 1. The Morgan fingerprint density at radius 1 is 1.33 bits per heavy atom. The van der Waals surface area contributed by atoms with Crippen molar-refractivity contribution in [2.24, 2.45) is 5.92 Å². The highest BCUT2D eigenvalue weighted by atomic mass is 35.5. The van der Waals surface area contributed by atoms with Crippen molar-refractivity contribution in [2.45, 2.75) is 12.8 Å². The molecule has 4 rings (SSSR count). The van der Waals surface area contributed by atoms with E-state index in [4.69, 9.17) is 16.3 Å². The minimum absolute atomic E-state index is 0.0426. The highest BCUT2D eigenvalue weighted by Crippen LogP contribution is 2.24. The van der Waals surface area contributed by atoms with Crippen molar-refractivity contribution in [2.75, 3.05) is 20.7 Å². The molecule has 1 aliphatic heterocycles. The van der Waals surface area contributed by atoms with E-state index in [0.29, 0.717) is 27.3 Å². The summed E-state index contributed by atoms with van der Waals surface area (Å²) in [5.74, 6) is 5.32. The van der Waals surface area contributed by atoms with Gasteiger partial charge < -0.3 is 9.64 Å². The Hall–Kier alpha value is -3.37. The third kappa shape index (κ3) is 3.74. The Labute approximate surface area is 178 Å². The van der Waals surface area contributed by atoms with Crippen LogP contribution in [0.15, 0.2) is 36.5 Å². The molecule has 0 spiro atoms. The maximum absolute atomic E-state index is 12.3. The van der Waals surface area contributed by atoms with Gasteiger partial charge in [0.2, 0.25) is 5.91 Å². The second kappa shape index (κ2) is 8.17. The minimum atomic E-state index is -0.547. The van der Waals surface area contributed by atoms with Crippen molar-refractivity contribution in [1.29, 1.82) is 0 Å². The van der Waals surface area contributed by atoms with E-state index in [1.165, 1.54) is 11.8 Å². The maximum atomic E-state index is 12.3. The molecule has 2 aromatic heterocycles. The van der Waals surface area contributed by atoms with Gasteiger partial charge in [0.1, 0.15) is 0 Å². The molecule has 0 bridgehead atoms. The van der Waals surface area contributed by atoms with Crippen LogP contribution in [0.3, 0.4) is 0 Å². The van der Waals surface area contributed by atoms with Gasteiger partial charge in [-0.15, -0.1) is 0 Å². The van der Waals surface area contributed by atoms with Gasteiger partial charge in [-0.25, -0.2) is 14.5 Å². The number of pyridine rings is 1. The van der Waals surface area contributed by atoms with Gasteiger partial charge in [-0.1, -0.05) is 23.4 Å². The first-order valence-electron chi connectivity index (χ1n) is 9.47. The van der Waals surface area contributed by atoms with Crippen LogP contribution in [0.4, 0.5) is 0 Å². The average molecular weight is 423 g/mol. The van der Waals surface area contributed by atoms with E-state index in [9.17, 15) is 9.59 Å². The smallest absolute Gasteiger partial charge is 0.359 e. The molecule has 1 aliphatic rings. The molecule has 7 nitrogen and oxygen atoms in total. The van der Waals surface area contributed by atoms with Crippen LogP contribution in [0.1, 0.15) is 28.9 Å². The van der Waals surface area contributed by atoms with E-state index in [2.05, 4.69) is 21.9 Å². The van der Waals surface area contributed by atoms with Crippen LogP contribution in [-0.4, -0.2) is 52.2 Å². The molecule has 1 unspecified atom stereocenters. The molecule has 3 aromatic rings. The van der Waals surface area contributed by atoms with Crippen molar-refractivity contribution in [1.82, 2.24) is 19.7 Å². The maximum Gasteiger partial charge on any atom is 0.359 e. The summed E-state index contributed by atoms with van der Waals surface area (Å²) in [5.41, 5.74) is 1.93. The Kier molecular flexibility index (Phi) is 5.42. The fourth-order valence-electron chi connectivity index (χ4n) is 3.48. The first kappa shape index (κ1) is 19.9. The number of aromatic nitrogens is 3. The molecule has 1 atom stereocenters. The highest BCUT2D eigenvalue weighted by molar-refractivity contribution is 6.30. The molecule has 1 saturated heterocycles. The summed E-state index contributed by atoms with van der Waals surface area (Å²) < 4.78 is 6.38. The first-order valence-corrected chi connectivity index (χ1v) is 9.85. The quantitative estimate of drug-likeness (QED) is 0.468. The third-order valence-electron chi connectivity index (χ3n) is 5.00. The van der Waals surface area contributed by atoms with Gasteiger partial charge in [-0.05, 0) is 43.2 Å². The Morgan fingerprint density at radius 2 is 2.17 bits per heavy atom. The van der Waals surface area contributed by atoms with Gasteiger partial charge >= 0.3 is 5.97 Å². The monoisotopic (exact) mass is 422 g/mol. The lowest BCUT2D eigenvalue weighted by Crippen LogP contribution is -2.37. The number of amides is 1. The normalized spacial score (nSPS) is 16.3. The summed E-state index contributed by atoms with van der Waals surface area (Å²) in [6.45, 7) is 0.764. The van der Waals surface area contributed by atoms with Gasteiger partial charge in [0.05, 0.1) is 24.1 Å². The Balaban J connectivity index is 1.76. The second-order valence-corrected chi connectivity index (χ2v) is 7.49. The molecule has 8 heteroatoms. The summed E-state index contributed by atoms with van der Waals surface area (Å²) in [6, 6.07) is 8.74. The van der Waals surface area contributed by atoms with Crippen molar-refractivity contribution in [3.8, 4) is 17.5 Å². The molecular formula is C22H19ClN4O3. The molecule has 152 valence electrons. The van der Waals surface area contributed by atoms with Gasteiger partial charge in [-0.2, -0.15) is 5.10 Å². The average Bonchev–Trinajstić information content (AvgIpc) is 3.14. The van der Waals surface area contributed by atoms with E-state index < -0.39 is 5.97 Å². The number of carbonyl (C=O) groups is 2. The van der Waals surface area contributed by atoms with E-state index in [1.54, 1.807) is 48.5 Å². The van der Waals surface area contributed by atoms with Crippen molar-refractivity contribution >= 4 is 34.5 Å². The fourth-order valence-corrected chi connectivity index (χ4v) is 3.71. The molecule has 0 saturated carbocycles. The number of benzene rings is 1. The van der Waals surface area contributed by atoms with E-state index >= 15 is 0 Å². The number of piperidine rings is 1. The van der Waals surface area contributed by atoms with E-state index in [-0.39, 0.29) is 17.5 Å². The zero-order valence-electron chi connectivity index (χ0n) is 16.6. The molecular weight excluding hydrogens is 404 g/mol. The number of rotatable bonds is 2. The molecule has 0 N–H and O–H groups in total. The van der Waals surface area contributed by atoms with Gasteiger partial charge in [0, 0.05) is 30.4 Å². The Morgan fingerprint density at radius 3 is 2.97 bits per heavy atom. The number of ether oxygens (including phenoxy) is 1. The number of hydrogen-bond acceptors (Lipinski definition) is 5. The van der Waals surface area contributed by atoms with Gasteiger partial charge in [-0.3, -0.25) is 4.79 Å². The number of halogens is 1. The lowest BCUT2D eigenvalue weighted by atomic mass is 9.97. The third-order valence-corrected chi connectivity index (χ3v) is 5.22. The van der Waals surface area contributed by atoms with Crippen LogP contribution in [0.2, 0.25) is 5.02 Å². The number of methoxy groups -OCH3 is 1. The molecule has 30 heavy (non-hydrogen) atoms. The molecule has 3 heterocycles. The minimum Gasteiger partial charge on any atom is -0.464 e. The second-order valence-electron chi connectivity index (χ2n) is 7.05. The predicted molar refractivity (Wildman–Crippen MR) is 112 cm³/mol. The van der Waals surface area contributed by atoms with Crippen LogP contribution < -0.4 is 0 Å². The summed E-state index contributed by atoms with van der Waals surface area (Å²) in [4.78, 5) is 30.5. The number of carbonyl (C=O) groups excluding carboxylic acids is 2. The van der Waals surface area contributed by atoms with E-state index in [1.807, 2.05) is 0 Å². The summed E-state index contributed by atoms with van der Waals surface area (Å²) in [7, 11) is 3.10. The van der Waals surface area contributed by atoms with Crippen LogP contribution in [0.5, 0.6) is 0 Å². The molecule has 1 aromatic carbocycles. The van der Waals surface area contributed by atoms with Crippen molar-refractivity contribution in [3.63, 3.8) is 0 Å². The lowest BCUT2D eigenvalue weighted by Gasteiger charge is -2.26. The topological polar surface area (TPSA) is 77.3 Å². The van der Waals surface area contributed by atoms with Crippen LogP contribution in [-0.2, 0) is 9.53 Å². The largest absolute Gasteiger partial charge is 0.464 e. The lowest BCUT2D eigenvalue weighted by molar-refractivity contribution is -0.134. The molecule has 1 amide bonds. The van der Waals surface area contributed by atoms with Crippen LogP contribution in [0, 0.1) is 17.8 Å². The first-order chi connectivity index (χ1) is 14.5. The number of esters is 1. The highest BCUT2D eigenvalue weighted by Gasteiger charge is 2.24. The number of likely N-dealkylation sites (tertiary alicyclic amines) is 1. The van der Waals surface area contributed by atoms with Crippen LogP contribution in [0.25, 0.3) is 16.7 Å². The molecule has 0 aliphatic carbocycles. The summed E-state index contributed by atoms with van der Waals surface area (Å²) in [6.07, 6.45) is 3.31. The zero-order valence-corrected chi connectivity index (χ0v) is 17.3. The van der Waals surface area contributed by atoms with E-state index in [0.717, 1.165) is 19.4 Å². The standard InChI is InChI=1S/C22H19ClN4O3/c1-26-10-4-5-15(21(26)28)8-7-14-11-16(23)13-17(12-14)27-20-18(6-3-9-24-20)19(25-27)22(29)30-2/h3,6,9,11-13,15H,4-5,10H2,1-2H3. The predicted octanol–water partition coefficient (Wildman–Crippen LogP) is 3.08. The summed E-state index contributed by atoms with van der Waals surface area (Å²) >= 11 is 6.32. The van der Waals surface area contributed by atoms with Gasteiger partial charge in [0.25, 0.3) is 0 Å². The number of hydrogen-bond donors (Lipinski definition) is 0. The van der Waals surface area contributed by atoms with Crippen molar-refractivity contribution < 1.29 is 14.3 Å². The summed E-state index contributed by atoms with van der Waals surface area (Å²) in [5, 5.41) is 5.43. The van der Waals surface area contributed by atoms with Gasteiger partial charge in [0.15, 0.2) is 11.3 Å². The van der Waals surface area contributed by atoms with Crippen molar-refractivity contribution in [3.05, 3.63) is 52.8 Å². The zero-order chi connectivity index (χ0) is 21.3. The Bertz CT molecular complexity index is 1210.